The molecule has 0 atom stereocenters. The second-order valence-electron chi connectivity index (χ2n) is 5.49. The van der Waals surface area contributed by atoms with Gasteiger partial charge in [-0.2, -0.15) is 0 Å². The van der Waals surface area contributed by atoms with Gasteiger partial charge in [-0.1, -0.05) is 43.3 Å². The zero-order chi connectivity index (χ0) is 17.4. The molecule has 0 bridgehead atoms. The van der Waals surface area contributed by atoms with Gasteiger partial charge < -0.3 is 16.0 Å². The van der Waals surface area contributed by atoms with Crippen LogP contribution in [0.4, 0.5) is 4.79 Å². The van der Waals surface area contributed by atoms with E-state index in [9.17, 15) is 9.59 Å². The lowest BCUT2D eigenvalue weighted by Gasteiger charge is -2.09. The fourth-order valence-corrected chi connectivity index (χ4v) is 2.29. The summed E-state index contributed by atoms with van der Waals surface area (Å²) in [6, 6.07) is 15.1. The molecule has 0 radical (unpaired) electrons. The molecule has 3 amide bonds. The summed E-state index contributed by atoms with van der Waals surface area (Å²) in [5.41, 5.74) is 3.79. The molecule has 0 aromatic heterocycles. The molecule has 5 heteroatoms. The van der Waals surface area contributed by atoms with Gasteiger partial charge in [0, 0.05) is 25.7 Å². The third kappa shape index (κ3) is 5.12. The minimum atomic E-state index is -0.236. The van der Waals surface area contributed by atoms with Crippen LogP contribution < -0.4 is 16.0 Å². The van der Waals surface area contributed by atoms with Gasteiger partial charge in [0.1, 0.15) is 0 Å². The molecule has 3 N–H and O–H groups in total. The summed E-state index contributed by atoms with van der Waals surface area (Å²) in [6.45, 7) is 2.96. The highest BCUT2D eigenvalue weighted by molar-refractivity contribution is 5.94. The predicted octanol–water partition coefficient (Wildman–Crippen LogP) is 2.61. The molecule has 0 aliphatic rings. The molecule has 0 heterocycles. The van der Waals surface area contributed by atoms with Gasteiger partial charge in [-0.05, 0) is 35.2 Å². The van der Waals surface area contributed by atoms with Crippen molar-refractivity contribution >= 4 is 11.9 Å². The van der Waals surface area contributed by atoms with Crippen molar-refractivity contribution < 1.29 is 9.59 Å². The Hall–Kier alpha value is -2.82. The number of hydrogen-bond acceptors (Lipinski definition) is 2. The van der Waals surface area contributed by atoms with Crippen LogP contribution in [0.15, 0.2) is 48.5 Å². The fraction of sp³-hybridized carbons (Fsp3) is 0.263. The quantitative estimate of drug-likeness (QED) is 0.764. The van der Waals surface area contributed by atoms with Gasteiger partial charge in [-0.3, -0.25) is 4.79 Å². The minimum absolute atomic E-state index is 0.142. The monoisotopic (exact) mass is 325 g/mol. The summed E-state index contributed by atoms with van der Waals surface area (Å²) in [4.78, 5) is 23.5. The highest BCUT2D eigenvalue weighted by atomic mass is 16.2. The van der Waals surface area contributed by atoms with E-state index < -0.39 is 0 Å². The summed E-state index contributed by atoms with van der Waals surface area (Å²) in [5.74, 6) is -0.142. The fourth-order valence-electron chi connectivity index (χ4n) is 2.29. The average Bonchev–Trinajstić information content (AvgIpc) is 2.64. The Balaban J connectivity index is 1.81. The Morgan fingerprint density at radius 3 is 2.12 bits per heavy atom. The smallest absolute Gasteiger partial charge is 0.315 e. The van der Waals surface area contributed by atoms with Crippen LogP contribution in [0.1, 0.15) is 34.0 Å². The van der Waals surface area contributed by atoms with Crippen molar-refractivity contribution in [3.63, 3.8) is 0 Å². The second-order valence-corrected chi connectivity index (χ2v) is 5.49. The number of carbonyl (C=O) groups excluding carboxylic acids is 2. The van der Waals surface area contributed by atoms with E-state index in [0.29, 0.717) is 18.7 Å². The minimum Gasteiger partial charge on any atom is -0.355 e. The van der Waals surface area contributed by atoms with Gasteiger partial charge in [0.05, 0.1) is 0 Å². The van der Waals surface area contributed by atoms with Crippen LogP contribution in [-0.4, -0.2) is 19.0 Å². The van der Waals surface area contributed by atoms with E-state index in [0.717, 1.165) is 17.5 Å². The van der Waals surface area contributed by atoms with Crippen molar-refractivity contribution in [2.75, 3.05) is 7.05 Å². The number of rotatable bonds is 6. The number of amides is 3. The van der Waals surface area contributed by atoms with Gasteiger partial charge in [-0.25, -0.2) is 4.79 Å². The van der Waals surface area contributed by atoms with E-state index in [1.807, 2.05) is 18.2 Å². The molecule has 0 unspecified atom stereocenters. The van der Waals surface area contributed by atoms with Crippen LogP contribution in [0.2, 0.25) is 0 Å². The Morgan fingerprint density at radius 2 is 1.50 bits per heavy atom. The Labute approximate surface area is 142 Å². The number of carbonyl (C=O) groups is 2. The first-order chi connectivity index (χ1) is 11.6. The molecule has 2 rings (SSSR count). The first-order valence-electron chi connectivity index (χ1n) is 8.03. The predicted molar refractivity (Wildman–Crippen MR) is 94.7 cm³/mol. The molecule has 5 nitrogen and oxygen atoms in total. The van der Waals surface area contributed by atoms with E-state index >= 15 is 0 Å². The average molecular weight is 325 g/mol. The van der Waals surface area contributed by atoms with Crippen LogP contribution in [0.25, 0.3) is 0 Å². The maximum Gasteiger partial charge on any atom is 0.315 e. The first kappa shape index (κ1) is 17.5. The van der Waals surface area contributed by atoms with Crippen molar-refractivity contribution in [3.8, 4) is 0 Å². The van der Waals surface area contributed by atoms with E-state index in [1.54, 1.807) is 25.2 Å². The normalized spacial score (nSPS) is 10.1. The Bertz CT molecular complexity index is 696. The van der Waals surface area contributed by atoms with Gasteiger partial charge in [0.15, 0.2) is 0 Å². The molecule has 126 valence electrons. The highest BCUT2D eigenvalue weighted by Crippen LogP contribution is 2.06. The maximum absolute atomic E-state index is 11.9. The molecule has 2 aromatic carbocycles. The lowest BCUT2D eigenvalue weighted by molar-refractivity contribution is 0.0963. The Morgan fingerprint density at radius 1 is 0.875 bits per heavy atom. The molecule has 0 saturated carbocycles. The molecular formula is C19H23N3O2. The molecule has 2 aromatic rings. The third-order valence-electron chi connectivity index (χ3n) is 3.75. The summed E-state index contributed by atoms with van der Waals surface area (Å²) < 4.78 is 0. The number of nitrogens with one attached hydrogen (secondary N) is 3. The van der Waals surface area contributed by atoms with E-state index in [2.05, 4.69) is 35.0 Å². The zero-order valence-electron chi connectivity index (χ0n) is 14.1. The summed E-state index contributed by atoms with van der Waals surface area (Å²) in [6.07, 6.45) is 1.00. The zero-order valence-corrected chi connectivity index (χ0v) is 14.1. The molecule has 0 spiro atoms. The van der Waals surface area contributed by atoms with Gasteiger partial charge in [0.25, 0.3) is 5.91 Å². The number of urea groups is 1. The topological polar surface area (TPSA) is 70.2 Å². The lowest BCUT2D eigenvalue weighted by Crippen LogP contribution is -2.34. The van der Waals surface area contributed by atoms with Crippen molar-refractivity contribution in [3.05, 3.63) is 70.8 Å². The van der Waals surface area contributed by atoms with Crippen LogP contribution in [0.3, 0.4) is 0 Å². The number of benzene rings is 2. The second kappa shape index (κ2) is 8.72. The van der Waals surface area contributed by atoms with Crippen LogP contribution >= 0.6 is 0 Å². The summed E-state index contributed by atoms with van der Waals surface area (Å²) in [5, 5.41) is 8.20. The summed E-state index contributed by atoms with van der Waals surface area (Å²) >= 11 is 0. The SMILES string of the molecule is CCc1ccc(CNC(=O)NCc2cccc(C(=O)NC)c2)cc1. The van der Waals surface area contributed by atoms with E-state index in [4.69, 9.17) is 0 Å². The van der Waals surface area contributed by atoms with Gasteiger partial charge in [-0.15, -0.1) is 0 Å². The molecule has 24 heavy (non-hydrogen) atoms. The molecular weight excluding hydrogens is 302 g/mol. The van der Waals surface area contributed by atoms with Crippen LogP contribution in [0.5, 0.6) is 0 Å². The van der Waals surface area contributed by atoms with E-state index in [1.165, 1.54) is 5.56 Å². The molecule has 0 saturated heterocycles. The van der Waals surface area contributed by atoms with Crippen LogP contribution in [-0.2, 0) is 19.5 Å². The van der Waals surface area contributed by atoms with Crippen molar-refractivity contribution in [2.45, 2.75) is 26.4 Å². The maximum atomic E-state index is 11.9. The van der Waals surface area contributed by atoms with Crippen molar-refractivity contribution in [2.24, 2.45) is 0 Å². The largest absolute Gasteiger partial charge is 0.355 e. The van der Waals surface area contributed by atoms with Gasteiger partial charge in [0.2, 0.25) is 0 Å². The third-order valence-corrected chi connectivity index (χ3v) is 3.75. The number of hydrogen-bond donors (Lipinski definition) is 3. The molecule has 0 fully saturated rings. The van der Waals surface area contributed by atoms with Crippen LogP contribution in [0, 0.1) is 0 Å². The highest BCUT2D eigenvalue weighted by Gasteiger charge is 2.05. The summed E-state index contributed by atoms with van der Waals surface area (Å²) in [7, 11) is 1.59. The van der Waals surface area contributed by atoms with Gasteiger partial charge >= 0.3 is 6.03 Å². The standard InChI is InChI=1S/C19H23N3O2/c1-3-14-7-9-15(10-8-14)12-21-19(24)22-13-16-5-4-6-17(11-16)18(23)20-2/h4-11H,3,12-13H2,1-2H3,(H,20,23)(H2,21,22,24). The molecule has 0 aliphatic carbocycles. The Kier molecular flexibility index (Phi) is 6.37. The van der Waals surface area contributed by atoms with E-state index in [-0.39, 0.29) is 11.9 Å². The first-order valence-corrected chi connectivity index (χ1v) is 8.03. The van der Waals surface area contributed by atoms with Crippen molar-refractivity contribution in [1.82, 2.24) is 16.0 Å². The number of aryl methyl sites for hydroxylation is 1. The lowest BCUT2D eigenvalue weighted by atomic mass is 10.1. The molecule has 0 aliphatic heterocycles. The van der Waals surface area contributed by atoms with Crippen molar-refractivity contribution in [1.29, 1.82) is 0 Å².